The number of hydrogen-bond donors (Lipinski definition) is 1. The molecule has 0 radical (unpaired) electrons. The van der Waals surface area contributed by atoms with Crippen LogP contribution in [0, 0.1) is 0 Å². The third kappa shape index (κ3) is 3.62. The number of benzene rings is 1. The molecular weight excluding hydrogens is 304 g/mol. The van der Waals surface area contributed by atoms with Crippen molar-refractivity contribution in [3.8, 4) is 5.75 Å². The van der Waals surface area contributed by atoms with Crippen molar-refractivity contribution in [1.29, 1.82) is 0 Å². The Bertz CT molecular complexity index is 617. The van der Waals surface area contributed by atoms with Crippen molar-refractivity contribution in [2.24, 2.45) is 0 Å². The normalized spacial score (nSPS) is 26.7. The number of methoxy groups -OCH3 is 1. The van der Waals surface area contributed by atoms with Crippen LogP contribution in [0.1, 0.15) is 29.3 Å². The molecule has 0 aliphatic carbocycles. The molecule has 2 aliphatic rings. The van der Waals surface area contributed by atoms with E-state index >= 15 is 0 Å². The number of allylic oxidation sites excluding steroid dienone is 1. The third-order valence-corrected chi connectivity index (χ3v) is 4.83. The number of fused-ring (bicyclic) bond motifs is 1. The van der Waals surface area contributed by atoms with E-state index in [4.69, 9.17) is 9.47 Å². The standard InChI is InChI=1S/C19H26N2O3/c1-4-5-14-8-15(6-7-18(14)23-3)19(22)20-16-9-17-12-24-13(2)10-21(17)11-16/h4,6-8,13,16-17H,1,5,9-12H2,2-3H3,(H,20,22)/t13-,16+,17-/m0/s1. The van der Waals surface area contributed by atoms with Crippen molar-refractivity contribution in [1.82, 2.24) is 10.2 Å². The van der Waals surface area contributed by atoms with Gasteiger partial charge in [0.15, 0.2) is 0 Å². The lowest BCUT2D eigenvalue weighted by atomic mass is 10.1. The molecule has 0 saturated carbocycles. The van der Waals surface area contributed by atoms with Gasteiger partial charge in [0.25, 0.3) is 5.91 Å². The van der Waals surface area contributed by atoms with Crippen molar-refractivity contribution in [3.63, 3.8) is 0 Å². The van der Waals surface area contributed by atoms with Crippen molar-refractivity contribution >= 4 is 5.91 Å². The Morgan fingerprint density at radius 3 is 3.08 bits per heavy atom. The number of carbonyl (C=O) groups is 1. The molecule has 3 atom stereocenters. The second kappa shape index (κ2) is 7.36. The molecule has 0 spiro atoms. The minimum atomic E-state index is -0.0261. The summed E-state index contributed by atoms with van der Waals surface area (Å²) in [7, 11) is 1.64. The largest absolute Gasteiger partial charge is 0.496 e. The summed E-state index contributed by atoms with van der Waals surface area (Å²) in [6, 6.07) is 6.17. The lowest BCUT2D eigenvalue weighted by molar-refractivity contribution is -0.0390. The Labute approximate surface area is 143 Å². The summed E-state index contributed by atoms with van der Waals surface area (Å²) >= 11 is 0. The predicted molar refractivity (Wildman–Crippen MR) is 93.5 cm³/mol. The molecule has 3 rings (SSSR count). The van der Waals surface area contributed by atoms with E-state index in [0.717, 1.165) is 37.4 Å². The van der Waals surface area contributed by atoms with E-state index in [1.54, 1.807) is 7.11 Å². The zero-order chi connectivity index (χ0) is 17.1. The molecule has 130 valence electrons. The van der Waals surface area contributed by atoms with E-state index in [0.29, 0.717) is 18.0 Å². The third-order valence-electron chi connectivity index (χ3n) is 4.83. The lowest BCUT2D eigenvalue weighted by Gasteiger charge is -2.33. The van der Waals surface area contributed by atoms with Crippen LogP contribution < -0.4 is 10.1 Å². The molecule has 1 aromatic rings. The van der Waals surface area contributed by atoms with Gasteiger partial charge in [-0.1, -0.05) is 6.08 Å². The molecule has 1 aromatic carbocycles. The number of amides is 1. The van der Waals surface area contributed by atoms with E-state index in [2.05, 4.69) is 23.7 Å². The highest BCUT2D eigenvalue weighted by molar-refractivity contribution is 5.94. The highest BCUT2D eigenvalue weighted by Crippen LogP contribution is 2.24. The number of carbonyl (C=O) groups excluding carboxylic acids is 1. The monoisotopic (exact) mass is 330 g/mol. The summed E-state index contributed by atoms with van der Waals surface area (Å²) in [5.41, 5.74) is 1.65. The number of morpholine rings is 1. The summed E-state index contributed by atoms with van der Waals surface area (Å²) in [5, 5.41) is 3.17. The minimum absolute atomic E-state index is 0.0261. The summed E-state index contributed by atoms with van der Waals surface area (Å²) in [6.45, 7) is 8.47. The zero-order valence-electron chi connectivity index (χ0n) is 14.5. The van der Waals surface area contributed by atoms with E-state index in [9.17, 15) is 4.79 Å². The lowest BCUT2D eigenvalue weighted by Crippen LogP contribution is -2.45. The maximum atomic E-state index is 12.6. The maximum Gasteiger partial charge on any atom is 0.251 e. The van der Waals surface area contributed by atoms with Gasteiger partial charge in [0.2, 0.25) is 0 Å². The molecule has 1 N–H and O–H groups in total. The van der Waals surface area contributed by atoms with Gasteiger partial charge in [0, 0.05) is 30.7 Å². The number of nitrogens with one attached hydrogen (secondary N) is 1. The van der Waals surface area contributed by atoms with E-state index in [-0.39, 0.29) is 18.1 Å². The second-order valence-corrected chi connectivity index (χ2v) is 6.68. The Morgan fingerprint density at radius 2 is 2.33 bits per heavy atom. The van der Waals surface area contributed by atoms with Gasteiger partial charge in [-0.3, -0.25) is 9.69 Å². The van der Waals surface area contributed by atoms with Crippen LogP contribution in [-0.2, 0) is 11.2 Å². The number of ether oxygens (including phenoxy) is 2. The molecule has 5 nitrogen and oxygen atoms in total. The van der Waals surface area contributed by atoms with Crippen molar-refractivity contribution in [2.45, 2.75) is 38.0 Å². The number of hydrogen-bond acceptors (Lipinski definition) is 4. The Hall–Kier alpha value is -1.85. The molecule has 5 heteroatoms. The minimum Gasteiger partial charge on any atom is -0.496 e. The van der Waals surface area contributed by atoms with Crippen molar-refractivity contribution < 1.29 is 14.3 Å². The van der Waals surface area contributed by atoms with Gasteiger partial charge in [0.1, 0.15) is 5.75 Å². The quantitative estimate of drug-likeness (QED) is 0.839. The fourth-order valence-electron chi connectivity index (χ4n) is 3.65. The summed E-state index contributed by atoms with van der Waals surface area (Å²) in [6.07, 6.45) is 3.72. The molecule has 2 aliphatic heterocycles. The zero-order valence-corrected chi connectivity index (χ0v) is 14.5. The van der Waals surface area contributed by atoms with Crippen molar-refractivity contribution in [2.75, 3.05) is 26.8 Å². The van der Waals surface area contributed by atoms with Crippen LogP contribution in [0.2, 0.25) is 0 Å². The van der Waals surface area contributed by atoms with Crippen LogP contribution in [-0.4, -0.2) is 55.8 Å². The highest BCUT2D eigenvalue weighted by atomic mass is 16.5. The van der Waals surface area contributed by atoms with Gasteiger partial charge in [-0.15, -0.1) is 6.58 Å². The average molecular weight is 330 g/mol. The number of nitrogens with zero attached hydrogens (tertiary/aromatic N) is 1. The van der Waals surface area contributed by atoms with Crippen LogP contribution in [0.4, 0.5) is 0 Å². The number of rotatable bonds is 5. The SMILES string of the molecule is C=CCc1cc(C(=O)N[C@@H]2C[C@H]3CO[C@@H](C)CN3C2)ccc1OC. The molecule has 2 fully saturated rings. The fourth-order valence-corrected chi connectivity index (χ4v) is 3.65. The van der Waals surface area contributed by atoms with Gasteiger partial charge in [-0.2, -0.15) is 0 Å². The van der Waals surface area contributed by atoms with Crippen molar-refractivity contribution in [3.05, 3.63) is 42.0 Å². The molecular formula is C19H26N2O3. The Morgan fingerprint density at radius 1 is 1.50 bits per heavy atom. The molecule has 24 heavy (non-hydrogen) atoms. The molecule has 2 saturated heterocycles. The molecule has 1 amide bonds. The molecule has 0 unspecified atom stereocenters. The van der Waals surface area contributed by atoms with Crippen LogP contribution in [0.5, 0.6) is 5.75 Å². The average Bonchev–Trinajstić information content (AvgIpc) is 2.96. The topological polar surface area (TPSA) is 50.8 Å². The van der Waals surface area contributed by atoms with Crippen LogP contribution in [0.15, 0.2) is 30.9 Å². The Kier molecular flexibility index (Phi) is 5.21. The summed E-state index contributed by atoms with van der Waals surface area (Å²) in [5.74, 6) is 0.761. The molecule has 0 aromatic heterocycles. The first-order valence-corrected chi connectivity index (χ1v) is 8.55. The van der Waals surface area contributed by atoms with Gasteiger partial charge >= 0.3 is 0 Å². The Balaban J connectivity index is 1.65. The second-order valence-electron chi connectivity index (χ2n) is 6.68. The first-order chi connectivity index (χ1) is 11.6. The van der Waals surface area contributed by atoms with E-state index in [1.807, 2.05) is 24.3 Å². The fraction of sp³-hybridized carbons (Fsp3) is 0.526. The first-order valence-electron chi connectivity index (χ1n) is 8.55. The maximum absolute atomic E-state index is 12.6. The molecule has 2 heterocycles. The van der Waals surface area contributed by atoms with Gasteiger partial charge < -0.3 is 14.8 Å². The highest BCUT2D eigenvalue weighted by Gasteiger charge is 2.36. The van der Waals surface area contributed by atoms with Crippen LogP contribution in [0.3, 0.4) is 0 Å². The smallest absolute Gasteiger partial charge is 0.251 e. The van der Waals surface area contributed by atoms with Gasteiger partial charge in [0.05, 0.1) is 19.8 Å². The van der Waals surface area contributed by atoms with E-state index < -0.39 is 0 Å². The predicted octanol–water partition coefficient (Wildman–Crippen LogP) is 2.02. The van der Waals surface area contributed by atoms with Gasteiger partial charge in [-0.05, 0) is 43.5 Å². The van der Waals surface area contributed by atoms with E-state index in [1.165, 1.54) is 0 Å². The van der Waals surface area contributed by atoms with Crippen LogP contribution in [0.25, 0.3) is 0 Å². The summed E-state index contributed by atoms with van der Waals surface area (Å²) < 4.78 is 11.1. The summed E-state index contributed by atoms with van der Waals surface area (Å²) in [4.78, 5) is 15.0. The first kappa shape index (κ1) is 17.0. The van der Waals surface area contributed by atoms with Crippen LogP contribution >= 0.6 is 0 Å². The van der Waals surface area contributed by atoms with Gasteiger partial charge in [-0.25, -0.2) is 0 Å². The molecule has 0 bridgehead atoms.